The molecule has 0 aliphatic carbocycles. The van der Waals surface area contributed by atoms with Gasteiger partial charge in [-0.1, -0.05) is 71.9 Å². The Morgan fingerprint density at radius 3 is 0.629 bits per heavy atom. The van der Waals surface area contributed by atoms with E-state index >= 15 is 0 Å². The second-order valence-corrected chi connectivity index (χ2v) is 28.0. The van der Waals surface area contributed by atoms with Crippen LogP contribution in [0, 0.1) is 35.5 Å². The Balaban J connectivity index is 1.71. The van der Waals surface area contributed by atoms with Gasteiger partial charge >= 0.3 is 0 Å². The lowest BCUT2D eigenvalue weighted by Gasteiger charge is -2.28. The van der Waals surface area contributed by atoms with Crippen LogP contribution >= 0.6 is 0 Å². The van der Waals surface area contributed by atoms with E-state index in [0.29, 0.717) is 239 Å². The van der Waals surface area contributed by atoms with Gasteiger partial charge in [0.25, 0.3) is 0 Å². The first-order chi connectivity index (χ1) is 56.4. The van der Waals surface area contributed by atoms with Crippen LogP contribution < -0.4 is 99.5 Å². The Labute approximate surface area is 687 Å². The van der Waals surface area contributed by atoms with Gasteiger partial charge in [-0.25, -0.2) is 0 Å². The number of nitrogens with one attached hydrogen (secondary N) is 9. The molecule has 0 radical (unpaired) electrons. The molecular formula is C84H134N24O8. The highest BCUT2D eigenvalue weighted by Gasteiger charge is 2.20. The number of nitrogens with two attached hydrogens (primary N) is 9. The Bertz CT molecular complexity index is 3450. The molecule has 32 heteroatoms. The van der Waals surface area contributed by atoms with Crippen molar-refractivity contribution in [3.63, 3.8) is 0 Å². The van der Waals surface area contributed by atoms with Gasteiger partial charge < -0.3 is 114 Å². The Morgan fingerprint density at radius 1 is 0.224 bits per heavy atom. The predicted molar refractivity (Wildman–Crippen MR) is 459 cm³/mol. The predicted octanol–water partition coefficient (Wildman–Crippen LogP) is -4.14. The third-order valence-electron chi connectivity index (χ3n) is 18.4. The smallest absolute Gasteiger partial charge is 0.221 e. The fourth-order valence-electron chi connectivity index (χ4n) is 11.9. The normalized spacial score (nSPS) is 11.1. The second-order valence-electron chi connectivity index (χ2n) is 28.0. The lowest BCUT2D eigenvalue weighted by atomic mass is 10.0. The van der Waals surface area contributed by atoms with Crippen LogP contribution in [0.2, 0.25) is 0 Å². The third-order valence-corrected chi connectivity index (χ3v) is 18.4. The van der Waals surface area contributed by atoms with E-state index in [0.717, 1.165) is 59.4 Å². The Kier molecular flexibility index (Phi) is 53.7. The lowest BCUT2D eigenvalue weighted by Crippen LogP contribution is -2.40. The van der Waals surface area contributed by atoms with Crippen LogP contribution in [0.5, 0.6) is 0 Å². The molecule has 0 spiro atoms. The van der Waals surface area contributed by atoms with Gasteiger partial charge in [0.15, 0.2) is 0 Å². The molecule has 4 aromatic carbocycles. The van der Waals surface area contributed by atoms with E-state index < -0.39 is 0 Å². The summed E-state index contributed by atoms with van der Waals surface area (Å²) >= 11 is 0. The maximum atomic E-state index is 12.9. The van der Waals surface area contributed by atoms with Crippen molar-refractivity contribution in [3.8, 4) is 35.5 Å². The van der Waals surface area contributed by atoms with Crippen LogP contribution in [-0.2, 0) is 58.0 Å². The highest BCUT2D eigenvalue weighted by Crippen LogP contribution is 2.16. The molecule has 0 aromatic heterocycles. The summed E-state index contributed by atoms with van der Waals surface area (Å²) in [5.74, 6) is 19.4. The van der Waals surface area contributed by atoms with Crippen LogP contribution in [0.15, 0.2) is 91.0 Å². The minimum Gasteiger partial charge on any atom is -0.355 e. The molecule has 4 aromatic rings. The standard InChI is InChI=1S/C84H134N24O8/c85-28-38-94-37-1-47-106(59-56-103(48-20-77(109)95-39-29-86)49-21-78(110)96-40-30-87)65-71-11-2-68(3-12-71)8-17-74-62-75(18-9-69-4-13-72(14-5-69)66-107(54-26-83(115)101-45-35-92)60-57-104(50-22-79(111)97-41-31-88)51-23-80(112)98-42-32-89)64-76(63-74)19-10-70-6-15-73(16-7-70)67-108(55-27-84(116)102-46-36-93)61-58-105(52-24-81(113)99-43-33-90)53-25-82(114)100-44-34-91/h2-7,11-16,62-64,94H,1,20-61,65-67,85-93H2,(H,95,109)(H,96,110)(H,97,111)(H,98,112)(H,99,113)(H,100,114)(H,101,115)(H,102,116). The number of benzene rings is 4. The molecule has 0 aliphatic rings. The molecule has 4 rings (SSSR count). The first-order valence-electron chi connectivity index (χ1n) is 40.9. The highest BCUT2D eigenvalue weighted by molar-refractivity contribution is 5.79. The zero-order valence-corrected chi connectivity index (χ0v) is 68.3. The molecule has 0 saturated heterocycles. The molecule has 0 bridgehead atoms. The minimum atomic E-state index is -0.131. The molecule has 638 valence electrons. The van der Waals surface area contributed by atoms with E-state index in [1.807, 2.05) is 78.9 Å². The van der Waals surface area contributed by atoms with Crippen LogP contribution in [0.1, 0.15) is 108 Å². The van der Waals surface area contributed by atoms with E-state index in [-0.39, 0.29) is 98.6 Å². The van der Waals surface area contributed by atoms with Crippen molar-refractivity contribution in [2.75, 3.05) is 223 Å². The molecule has 116 heavy (non-hydrogen) atoms. The summed E-state index contributed by atoms with van der Waals surface area (Å²) in [6, 6.07) is 30.0. The van der Waals surface area contributed by atoms with E-state index in [9.17, 15) is 38.4 Å². The second kappa shape index (κ2) is 62.9. The number of amides is 8. The lowest BCUT2D eigenvalue weighted by molar-refractivity contribution is -0.123. The first-order valence-corrected chi connectivity index (χ1v) is 40.9. The van der Waals surface area contributed by atoms with Crippen molar-refractivity contribution in [2.45, 2.75) is 77.4 Å². The number of rotatable bonds is 61. The van der Waals surface area contributed by atoms with Gasteiger partial charge in [-0.3, -0.25) is 53.1 Å². The summed E-state index contributed by atoms with van der Waals surface area (Å²) in [5, 5.41) is 26.1. The number of hydrogen-bond donors (Lipinski definition) is 18. The Morgan fingerprint density at radius 2 is 0.414 bits per heavy atom. The number of hydrogen-bond acceptors (Lipinski definition) is 24. The summed E-state index contributed by atoms with van der Waals surface area (Å²) in [4.78, 5) is 115. The van der Waals surface area contributed by atoms with Crippen molar-refractivity contribution < 1.29 is 38.4 Å². The topological polar surface area (TPSA) is 498 Å². The van der Waals surface area contributed by atoms with Crippen LogP contribution in [0.25, 0.3) is 0 Å². The molecule has 0 unspecified atom stereocenters. The van der Waals surface area contributed by atoms with Crippen molar-refractivity contribution >= 4 is 47.3 Å². The van der Waals surface area contributed by atoms with Crippen molar-refractivity contribution in [2.24, 2.45) is 51.6 Å². The average molecular weight is 1610 g/mol. The average Bonchev–Trinajstić information content (AvgIpc) is 0.853. The quantitative estimate of drug-likeness (QED) is 0.0147. The monoisotopic (exact) mass is 1610 g/mol. The molecule has 0 atom stereocenters. The number of nitrogens with zero attached hydrogens (tertiary/aromatic N) is 6. The fourth-order valence-corrected chi connectivity index (χ4v) is 11.9. The Hall–Kier alpha value is -9.32. The van der Waals surface area contributed by atoms with Gasteiger partial charge in [-0.2, -0.15) is 0 Å². The maximum absolute atomic E-state index is 12.9. The summed E-state index contributed by atoms with van der Waals surface area (Å²) in [5.41, 5.74) is 58.5. The van der Waals surface area contributed by atoms with Gasteiger partial charge in [0, 0.05) is 314 Å². The minimum absolute atomic E-state index is 0.0913. The number of carbonyl (C=O) groups is 8. The fraction of sp³-hybridized carbons (Fsp3) is 0.548. The molecule has 27 N–H and O–H groups in total. The van der Waals surface area contributed by atoms with Crippen LogP contribution in [-0.4, -0.2) is 299 Å². The molecular weight excluding hydrogens is 1470 g/mol. The van der Waals surface area contributed by atoms with Crippen LogP contribution in [0.3, 0.4) is 0 Å². The van der Waals surface area contributed by atoms with Gasteiger partial charge in [-0.15, -0.1) is 0 Å². The molecule has 0 heterocycles. The van der Waals surface area contributed by atoms with Crippen molar-refractivity contribution in [1.82, 2.24) is 77.3 Å². The van der Waals surface area contributed by atoms with E-state index in [4.69, 9.17) is 51.6 Å². The summed E-state index contributed by atoms with van der Waals surface area (Å²) in [6.07, 6.45) is 2.82. The van der Waals surface area contributed by atoms with E-state index in [1.165, 1.54) is 0 Å². The number of carbonyl (C=O) groups excluding carboxylic acids is 8. The zero-order valence-electron chi connectivity index (χ0n) is 68.3. The summed E-state index contributed by atoms with van der Waals surface area (Å²) in [6.45, 7) is 17.1. The third kappa shape index (κ3) is 47.6. The van der Waals surface area contributed by atoms with Gasteiger partial charge in [0.2, 0.25) is 47.3 Å². The zero-order chi connectivity index (χ0) is 84.0. The summed E-state index contributed by atoms with van der Waals surface area (Å²) < 4.78 is 0. The van der Waals surface area contributed by atoms with E-state index in [2.05, 4.69) is 125 Å². The summed E-state index contributed by atoms with van der Waals surface area (Å²) in [7, 11) is 0. The van der Waals surface area contributed by atoms with Crippen molar-refractivity contribution in [3.05, 3.63) is 141 Å². The van der Waals surface area contributed by atoms with Crippen LogP contribution in [0.4, 0.5) is 0 Å². The van der Waals surface area contributed by atoms with E-state index in [1.54, 1.807) is 0 Å². The largest absolute Gasteiger partial charge is 0.355 e. The van der Waals surface area contributed by atoms with Crippen molar-refractivity contribution in [1.29, 1.82) is 0 Å². The van der Waals surface area contributed by atoms with Gasteiger partial charge in [-0.05, 0) is 90.8 Å². The SMILES string of the molecule is NCCNCCCN(CCN(CCC(=O)NCCN)CCC(=O)NCCN)Cc1ccc(C#Cc2cc(C#Cc3ccc(CN(CCC(=O)NCCN)CCN(CCC(=O)NCCN)CCC(=O)NCCN)cc3)cc(C#Cc3ccc(CN(CCC(=O)NCCN)CCN(CCC(=O)NCCN)CCC(=O)NCCN)cc3)c2)cc1. The molecule has 8 amide bonds. The maximum Gasteiger partial charge on any atom is 0.221 e. The highest BCUT2D eigenvalue weighted by atomic mass is 16.2. The van der Waals surface area contributed by atoms with Gasteiger partial charge in [0.1, 0.15) is 0 Å². The molecule has 0 saturated carbocycles. The molecule has 0 fully saturated rings. The first kappa shape index (κ1) is 99.0. The van der Waals surface area contributed by atoms with Gasteiger partial charge in [0.05, 0.1) is 0 Å². The molecule has 0 aliphatic heterocycles. The molecule has 32 nitrogen and oxygen atoms in total.